The second kappa shape index (κ2) is 15.7. The Kier molecular flexibility index (Phi) is 12.1. The molecule has 10 heteroatoms. The van der Waals surface area contributed by atoms with Crippen LogP contribution in [0.1, 0.15) is 139 Å². The van der Waals surface area contributed by atoms with Gasteiger partial charge < -0.3 is 30.1 Å². The number of Topliss-reactive ketones (excluding diaryl/α,β-unsaturated/α-hetero) is 1. The van der Waals surface area contributed by atoms with Gasteiger partial charge in [-0.2, -0.15) is 0 Å². The Morgan fingerprint density at radius 1 is 0.897 bits per heavy atom. The van der Waals surface area contributed by atoms with Crippen LogP contribution in [-0.2, 0) is 30.5 Å². The number of hydrogen-bond acceptors (Lipinski definition) is 8. The van der Waals surface area contributed by atoms with Gasteiger partial charge in [-0.15, -0.1) is 0 Å². The van der Waals surface area contributed by atoms with Crippen LogP contribution in [0.15, 0.2) is 41.5 Å². The lowest BCUT2D eigenvalue weighted by atomic mass is 9.33. The van der Waals surface area contributed by atoms with E-state index in [0.717, 1.165) is 61.7 Å². The highest BCUT2D eigenvalue weighted by atomic mass is 16.5. The average Bonchev–Trinajstić information content (AvgIpc) is 3.46. The molecule has 4 fully saturated rings. The van der Waals surface area contributed by atoms with E-state index >= 15 is 0 Å². The molecule has 1 amide bonds. The van der Waals surface area contributed by atoms with Gasteiger partial charge in [-0.1, -0.05) is 84.4 Å². The fourth-order valence-electron chi connectivity index (χ4n) is 13.7. The van der Waals surface area contributed by atoms with Crippen LogP contribution >= 0.6 is 0 Å². The van der Waals surface area contributed by atoms with Crippen molar-refractivity contribution in [3.8, 4) is 0 Å². The van der Waals surface area contributed by atoms with Gasteiger partial charge in [0.15, 0.2) is 5.78 Å². The number of carboxylic acid groups (broad SMARTS) is 1. The van der Waals surface area contributed by atoms with Crippen molar-refractivity contribution >= 4 is 23.6 Å². The fraction of sp³-hybridized carbons (Fsp3) is 0.750. The van der Waals surface area contributed by atoms with Crippen LogP contribution in [0.2, 0.25) is 0 Å². The third kappa shape index (κ3) is 7.29. The monoisotopic (exact) mass is 806 g/mol. The molecule has 6 rings (SSSR count). The second-order valence-corrected chi connectivity index (χ2v) is 21.4. The molecule has 4 N–H and O–H groups in total. The summed E-state index contributed by atoms with van der Waals surface area (Å²) < 4.78 is 6.17. The molecule has 0 aliphatic heterocycles. The van der Waals surface area contributed by atoms with Crippen molar-refractivity contribution < 1.29 is 44.3 Å². The normalized spacial score (nSPS) is 35.3. The number of aliphatic hydroxyl groups is 3. The summed E-state index contributed by atoms with van der Waals surface area (Å²) in [6.07, 6.45) is 4.33. The first-order valence-electron chi connectivity index (χ1n) is 22.0. The Labute approximate surface area is 346 Å². The molecule has 0 saturated heterocycles. The van der Waals surface area contributed by atoms with E-state index in [9.17, 15) is 39.6 Å². The molecule has 5 aliphatic carbocycles. The number of aliphatic carboxylic acids is 1. The average molecular weight is 806 g/mol. The molecule has 58 heavy (non-hydrogen) atoms. The van der Waals surface area contributed by atoms with E-state index in [1.807, 2.05) is 30.3 Å². The number of benzene rings is 1. The number of carbonyl (C=O) groups excluding carboxylic acids is 3. The van der Waals surface area contributed by atoms with Crippen LogP contribution < -0.4 is 0 Å². The molecule has 0 bridgehead atoms. The first-order chi connectivity index (χ1) is 27.0. The highest BCUT2D eigenvalue weighted by Crippen LogP contribution is 2.77. The largest absolute Gasteiger partial charge is 0.481 e. The highest BCUT2D eigenvalue weighted by Gasteiger charge is 2.71. The highest BCUT2D eigenvalue weighted by molar-refractivity contribution is 6.00. The molecule has 5 aliphatic rings. The van der Waals surface area contributed by atoms with E-state index in [-0.39, 0.29) is 83.6 Å². The summed E-state index contributed by atoms with van der Waals surface area (Å²) in [5.41, 5.74) is 0.373. The molecule has 0 spiro atoms. The topological polar surface area (TPSA) is 162 Å². The Hall–Kier alpha value is -3.08. The number of ketones is 1. The summed E-state index contributed by atoms with van der Waals surface area (Å²) in [5.74, 6) is -0.930. The maximum Gasteiger partial charge on any atom is 0.309 e. The van der Waals surface area contributed by atoms with Gasteiger partial charge in [0.05, 0.1) is 37.1 Å². The number of esters is 1. The number of hydrogen-bond donors (Lipinski definition) is 4. The number of amides is 1. The maximum atomic E-state index is 14.3. The minimum atomic E-state index is -1.20. The SMILES string of the molecule is CC(C)C1=C2[C@H]3CCC4[C@@]5(C)CC[C@H](OC(=O)CC(C)(C)C(=O)O)C(C)(C)[C@@H]5CC[C@@]4(C)[C@]3(C)CC[C@@]2(C(O)CN(Cc2ccccc2)C(=O)C[C@@H](O)CO)CC1=O. The molecule has 10 atom stereocenters. The van der Waals surface area contributed by atoms with Crippen molar-refractivity contribution in [2.24, 2.45) is 56.2 Å². The Morgan fingerprint density at radius 2 is 1.57 bits per heavy atom. The Balaban J connectivity index is 1.30. The summed E-state index contributed by atoms with van der Waals surface area (Å²) >= 11 is 0. The molecular formula is C48H71NO9. The number of carbonyl (C=O) groups is 4. The van der Waals surface area contributed by atoms with E-state index in [4.69, 9.17) is 4.74 Å². The van der Waals surface area contributed by atoms with E-state index in [1.54, 1.807) is 18.7 Å². The Morgan fingerprint density at radius 3 is 2.19 bits per heavy atom. The molecule has 0 heterocycles. The molecular weight excluding hydrogens is 735 g/mol. The minimum Gasteiger partial charge on any atom is -0.481 e. The second-order valence-electron chi connectivity index (χ2n) is 21.4. The van der Waals surface area contributed by atoms with Crippen molar-refractivity contribution in [2.75, 3.05) is 13.2 Å². The van der Waals surface area contributed by atoms with Gasteiger partial charge in [0, 0.05) is 30.3 Å². The smallest absolute Gasteiger partial charge is 0.309 e. The van der Waals surface area contributed by atoms with Crippen LogP contribution in [0.5, 0.6) is 0 Å². The predicted octanol–water partition coefficient (Wildman–Crippen LogP) is 7.51. The third-order valence-corrected chi connectivity index (χ3v) is 17.1. The lowest BCUT2D eigenvalue weighted by Gasteiger charge is -2.72. The molecule has 4 saturated carbocycles. The van der Waals surface area contributed by atoms with Gasteiger partial charge in [0.1, 0.15) is 6.10 Å². The molecule has 0 aromatic heterocycles. The number of nitrogens with zero attached hydrogens (tertiary/aromatic N) is 1. The van der Waals surface area contributed by atoms with Gasteiger partial charge in [-0.05, 0) is 116 Å². The van der Waals surface area contributed by atoms with Gasteiger partial charge in [-0.3, -0.25) is 19.2 Å². The molecule has 322 valence electrons. The fourth-order valence-corrected chi connectivity index (χ4v) is 13.7. The summed E-state index contributed by atoms with van der Waals surface area (Å²) in [5, 5.41) is 42.0. The first kappa shape index (κ1) is 44.5. The zero-order chi connectivity index (χ0) is 42.8. The molecule has 10 nitrogen and oxygen atoms in total. The van der Waals surface area contributed by atoms with Crippen molar-refractivity contribution in [1.29, 1.82) is 0 Å². The van der Waals surface area contributed by atoms with E-state index < -0.39 is 41.6 Å². The summed E-state index contributed by atoms with van der Waals surface area (Å²) in [7, 11) is 0. The number of allylic oxidation sites excluding steroid dienone is 1. The molecule has 1 aromatic carbocycles. The molecule has 2 unspecified atom stereocenters. The number of rotatable bonds is 13. The zero-order valence-corrected chi connectivity index (χ0v) is 36.6. The predicted molar refractivity (Wildman–Crippen MR) is 221 cm³/mol. The number of carboxylic acids is 1. The lowest BCUT2D eigenvalue weighted by Crippen LogP contribution is -2.66. The zero-order valence-electron chi connectivity index (χ0n) is 36.6. The van der Waals surface area contributed by atoms with E-state index in [1.165, 1.54) is 0 Å². The summed E-state index contributed by atoms with van der Waals surface area (Å²) in [6, 6.07) is 9.57. The third-order valence-electron chi connectivity index (χ3n) is 17.1. The van der Waals surface area contributed by atoms with Crippen LogP contribution in [-0.4, -0.2) is 80.4 Å². The van der Waals surface area contributed by atoms with E-state index in [0.29, 0.717) is 18.3 Å². The van der Waals surface area contributed by atoms with E-state index in [2.05, 4.69) is 48.5 Å². The van der Waals surface area contributed by atoms with Gasteiger partial charge in [0.25, 0.3) is 0 Å². The van der Waals surface area contributed by atoms with Gasteiger partial charge >= 0.3 is 11.9 Å². The van der Waals surface area contributed by atoms with Crippen LogP contribution in [0.25, 0.3) is 0 Å². The van der Waals surface area contributed by atoms with Crippen LogP contribution in [0, 0.1) is 56.2 Å². The van der Waals surface area contributed by atoms with Crippen molar-refractivity contribution in [1.82, 2.24) is 4.90 Å². The van der Waals surface area contributed by atoms with Crippen molar-refractivity contribution in [3.63, 3.8) is 0 Å². The number of aliphatic hydroxyl groups excluding tert-OH is 3. The first-order valence-corrected chi connectivity index (χ1v) is 22.0. The maximum absolute atomic E-state index is 14.3. The summed E-state index contributed by atoms with van der Waals surface area (Å²) in [4.78, 5) is 54.5. The molecule has 1 aromatic rings. The number of ether oxygens (including phenoxy) is 1. The lowest BCUT2D eigenvalue weighted by molar-refractivity contribution is -0.235. The Bertz CT molecular complexity index is 1790. The number of fused-ring (bicyclic) bond motifs is 7. The standard InChI is InChI=1S/C48H71NO9/c1-29(2)40-33(52)24-48(36(53)27-49(38(54)23-31(51)28-50)26-30-13-11-10-12-14-30)22-21-46(8)32(41(40)48)15-16-35-45(7)19-18-37(58-39(55)25-43(3,4)42(56)57)44(5,6)34(45)17-20-47(35,46)9/h10-14,29,31-32,34-37,50-51,53H,15-28H2,1-9H3,(H,56,57)/t31-,32-,34+,35?,36?,37+,45+,46-,47-,48+/m1/s1. The summed E-state index contributed by atoms with van der Waals surface area (Å²) in [6.45, 7) is 18.9. The van der Waals surface area contributed by atoms with Gasteiger partial charge in [0.2, 0.25) is 5.91 Å². The quantitative estimate of drug-likeness (QED) is 0.148. The molecule has 0 radical (unpaired) electrons. The van der Waals surface area contributed by atoms with Crippen LogP contribution in [0.4, 0.5) is 0 Å². The van der Waals surface area contributed by atoms with Crippen LogP contribution in [0.3, 0.4) is 0 Å². The van der Waals surface area contributed by atoms with Crippen molar-refractivity contribution in [2.45, 2.75) is 158 Å². The van der Waals surface area contributed by atoms with Gasteiger partial charge in [-0.25, -0.2) is 0 Å². The van der Waals surface area contributed by atoms with Crippen molar-refractivity contribution in [3.05, 3.63) is 47.0 Å². The minimum absolute atomic E-state index is 0.0139.